The van der Waals surface area contributed by atoms with Crippen LogP contribution in [0, 0.1) is 18.3 Å². The Balaban J connectivity index is 1.66. The molecule has 4 heterocycles. The Kier molecular flexibility index (Phi) is 4.95. The maximum absolute atomic E-state index is 8.00. The number of rotatable bonds is 5. The SMILES string of the molecule is Cc1c(-c2ccn(C(C)C)n2)cn2nc(-c3nccn3C)nc(N=C(N)OC(=N)C3CC3)c12. The van der Waals surface area contributed by atoms with Gasteiger partial charge in [0.2, 0.25) is 5.82 Å². The normalized spacial score (nSPS) is 14.4. The second kappa shape index (κ2) is 7.84. The maximum Gasteiger partial charge on any atom is 0.295 e. The molecule has 1 saturated carbocycles. The van der Waals surface area contributed by atoms with Crippen LogP contribution in [0.5, 0.6) is 0 Å². The molecule has 5 rings (SSSR count). The van der Waals surface area contributed by atoms with Gasteiger partial charge in [-0.3, -0.25) is 10.1 Å². The first kappa shape index (κ1) is 20.9. The van der Waals surface area contributed by atoms with Gasteiger partial charge >= 0.3 is 0 Å². The van der Waals surface area contributed by atoms with Crippen molar-refractivity contribution in [1.82, 2.24) is 33.9 Å². The number of ether oxygens (including phenoxy) is 1. The van der Waals surface area contributed by atoms with E-state index in [2.05, 4.69) is 33.9 Å². The third kappa shape index (κ3) is 3.86. The van der Waals surface area contributed by atoms with Crippen molar-refractivity contribution in [1.29, 1.82) is 5.41 Å². The van der Waals surface area contributed by atoms with Gasteiger partial charge in [-0.15, -0.1) is 5.10 Å². The van der Waals surface area contributed by atoms with Gasteiger partial charge in [0.05, 0.1) is 5.69 Å². The van der Waals surface area contributed by atoms with E-state index in [1.165, 1.54) is 0 Å². The van der Waals surface area contributed by atoms with E-state index < -0.39 is 0 Å². The molecule has 0 amide bonds. The van der Waals surface area contributed by atoms with Crippen LogP contribution in [0.25, 0.3) is 28.4 Å². The van der Waals surface area contributed by atoms with E-state index in [0.717, 1.165) is 29.7 Å². The summed E-state index contributed by atoms with van der Waals surface area (Å²) in [6.45, 7) is 6.14. The Morgan fingerprint density at radius 1 is 1.27 bits per heavy atom. The quantitative estimate of drug-likeness (QED) is 0.357. The highest BCUT2D eigenvalue weighted by molar-refractivity contribution is 5.92. The summed E-state index contributed by atoms with van der Waals surface area (Å²) >= 11 is 0. The number of amidine groups is 1. The van der Waals surface area contributed by atoms with E-state index in [4.69, 9.17) is 21.0 Å². The van der Waals surface area contributed by atoms with E-state index in [1.54, 1.807) is 10.7 Å². The fourth-order valence-corrected chi connectivity index (χ4v) is 3.66. The van der Waals surface area contributed by atoms with Crippen LogP contribution < -0.4 is 5.73 Å². The summed E-state index contributed by atoms with van der Waals surface area (Å²) in [5.41, 5.74) is 9.40. The molecule has 0 aromatic carbocycles. The minimum absolute atomic E-state index is 0.121. The number of aliphatic imine (C=N–C) groups is 1. The third-order valence-corrected chi connectivity index (χ3v) is 5.68. The summed E-state index contributed by atoms with van der Waals surface area (Å²) in [5.74, 6) is 1.60. The molecule has 4 aromatic heterocycles. The molecule has 3 N–H and O–H groups in total. The Morgan fingerprint density at radius 2 is 2.06 bits per heavy atom. The second-order valence-corrected chi connectivity index (χ2v) is 8.55. The Morgan fingerprint density at radius 3 is 2.70 bits per heavy atom. The molecule has 0 bridgehead atoms. The molecule has 1 aliphatic carbocycles. The average Bonchev–Trinajstić information content (AvgIpc) is 3.18. The van der Waals surface area contributed by atoms with Crippen molar-refractivity contribution < 1.29 is 4.74 Å². The number of hydrogen-bond donors (Lipinski definition) is 2. The van der Waals surface area contributed by atoms with Gasteiger partial charge in [-0.1, -0.05) is 0 Å². The van der Waals surface area contributed by atoms with Crippen LogP contribution in [0.3, 0.4) is 0 Å². The van der Waals surface area contributed by atoms with Crippen molar-refractivity contribution in [2.24, 2.45) is 23.7 Å². The minimum atomic E-state index is -0.121. The van der Waals surface area contributed by atoms with E-state index in [-0.39, 0.29) is 23.9 Å². The van der Waals surface area contributed by atoms with Gasteiger partial charge in [0.25, 0.3) is 6.02 Å². The summed E-state index contributed by atoms with van der Waals surface area (Å²) < 4.78 is 10.9. The Hall–Kier alpha value is -4.02. The molecule has 33 heavy (non-hydrogen) atoms. The van der Waals surface area contributed by atoms with Crippen molar-refractivity contribution in [2.75, 3.05) is 0 Å². The first-order valence-corrected chi connectivity index (χ1v) is 10.9. The highest BCUT2D eigenvalue weighted by Gasteiger charge is 2.29. The molecule has 11 nitrogen and oxygen atoms in total. The third-order valence-electron chi connectivity index (χ3n) is 5.68. The molecule has 1 aliphatic rings. The lowest BCUT2D eigenvalue weighted by molar-refractivity contribution is 0.507. The summed E-state index contributed by atoms with van der Waals surface area (Å²) in [6.07, 6.45) is 9.26. The van der Waals surface area contributed by atoms with Gasteiger partial charge in [0.15, 0.2) is 17.5 Å². The predicted octanol–water partition coefficient (Wildman–Crippen LogP) is 3.23. The van der Waals surface area contributed by atoms with Crippen LogP contribution in [-0.2, 0) is 11.8 Å². The molecular formula is C22H26N10O. The smallest absolute Gasteiger partial charge is 0.295 e. The molecule has 170 valence electrons. The van der Waals surface area contributed by atoms with Crippen LogP contribution in [0.4, 0.5) is 5.82 Å². The van der Waals surface area contributed by atoms with Gasteiger partial charge < -0.3 is 15.0 Å². The van der Waals surface area contributed by atoms with Crippen LogP contribution in [0.1, 0.15) is 38.3 Å². The lowest BCUT2D eigenvalue weighted by atomic mass is 10.1. The van der Waals surface area contributed by atoms with Crippen molar-refractivity contribution in [3.05, 3.63) is 36.4 Å². The Labute approximate surface area is 190 Å². The van der Waals surface area contributed by atoms with Gasteiger partial charge in [-0.2, -0.15) is 10.1 Å². The number of aromatic nitrogens is 7. The molecule has 0 aliphatic heterocycles. The fraction of sp³-hybridized carbons (Fsp3) is 0.364. The molecule has 4 aromatic rings. The van der Waals surface area contributed by atoms with E-state index in [0.29, 0.717) is 23.0 Å². The van der Waals surface area contributed by atoms with Crippen molar-refractivity contribution in [3.63, 3.8) is 0 Å². The second-order valence-electron chi connectivity index (χ2n) is 8.55. The van der Waals surface area contributed by atoms with Crippen LogP contribution in [-0.4, -0.2) is 45.8 Å². The van der Waals surface area contributed by atoms with Gasteiger partial charge in [-0.25, -0.2) is 14.5 Å². The van der Waals surface area contributed by atoms with Crippen LogP contribution in [0.2, 0.25) is 0 Å². The van der Waals surface area contributed by atoms with E-state index in [1.807, 2.05) is 47.9 Å². The first-order valence-electron chi connectivity index (χ1n) is 10.9. The molecule has 0 spiro atoms. The summed E-state index contributed by atoms with van der Waals surface area (Å²) in [6, 6.07) is 2.11. The zero-order valence-corrected chi connectivity index (χ0v) is 19.0. The number of nitrogens with zero attached hydrogens (tertiary/aromatic N) is 8. The highest BCUT2D eigenvalue weighted by Crippen LogP contribution is 2.33. The number of hydrogen-bond acceptors (Lipinski definition) is 7. The molecule has 0 radical (unpaired) electrons. The lowest BCUT2D eigenvalue weighted by Gasteiger charge is -2.07. The molecular weight excluding hydrogens is 420 g/mol. The number of nitrogens with one attached hydrogen (secondary N) is 1. The van der Waals surface area contributed by atoms with E-state index in [9.17, 15) is 0 Å². The minimum Gasteiger partial charge on any atom is -0.411 e. The standard InChI is InChI=1S/C22H26N10O/c1-12(2)31-9-7-16(28-31)15-11-32-17(13(15)3)19(27-22(24)33-18(23)14-5-6-14)26-20(29-32)21-25-8-10-30(21)4/h7-12,14,23H,5-6H2,1-4H3,(H2,24,26,27,29). The summed E-state index contributed by atoms with van der Waals surface area (Å²) in [4.78, 5) is 13.5. The zero-order chi connectivity index (χ0) is 23.3. The van der Waals surface area contributed by atoms with Crippen LogP contribution in [0.15, 0.2) is 35.8 Å². The molecule has 0 saturated heterocycles. The lowest BCUT2D eigenvalue weighted by Crippen LogP contribution is -2.21. The monoisotopic (exact) mass is 446 g/mol. The first-order chi connectivity index (χ1) is 15.8. The highest BCUT2D eigenvalue weighted by atomic mass is 16.5. The molecule has 0 atom stereocenters. The molecule has 1 fully saturated rings. The fourth-order valence-electron chi connectivity index (χ4n) is 3.66. The largest absolute Gasteiger partial charge is 0.411 e. The van der Waals surface area contributed by atoms with Crippen molar-refractivity contribution in [2.45, 2.75) is 39.7 Å². The van der Waals surface area contributed by atoms with Gasteiger partial charge in [0, 0.05) is 49.4 Å². The number of imidazole rings is 1. The summed E-state index contributed by atoms with van der Waals surface area (Å²) in [7, 11) is 1.87. The molecule has 0 unspecified atom stereocenters. The van der Waals surface area contributed by atoms with Gasteiger partial charge in [-0.05, 0) is 45.2 Å². The maximum atomic E-state index is 8.00. The number of fused-ring (bicyclic) bond motifs is 1. The zero-order valence-electron chi connectivity index (χ0n) is 19.0. The summed E-state index contributed by atoms with van der Waals surface area (Å²) in [5, 5.41) is 17.4. The van der Waals surface area contributed by atoms with Gasteiger partial charge in [0.1, 0.15) is 5.52 Å². The number of aryl methyl sites for hydroxylation is 2. The topological polar surface area (TPSA) is 137 Å². The van der Waals surface area contributed by atoms with Crippen LogP contribution >= 0.6 is 0 Å². The van der Waals surface area contributed by atoms with E-state index >= 15 is 0 Å². The number of nitrogens with two attached hydrogens (primary N) is 1. The Bertz CT molecular complexity index is 1390. The molecule has 11 heteroatoms. The van der Waals surface area contributed by atoms with Crippen molar-refractivity contribution in [3.8, 4) is 22.9 Å². The predicted molar refractivity (Wildman–Crippen MR) is 124 cm³/mol. The average molecular weight is 447 g/mol. The van der Waals surface area contributed by atoms with Crippen molar-refractivity contribution >= 4 is 23.3 Å².